The first-order valence-corrected chi connectivity index (χ1v) is 9.29. The van der Waals surface area contributed by atoms with E-state index in [1.807, 2.05) is 31.2 Å². The molecule has 2 aromatic heterocycles. The van der Waals surface area contributed by atoms with Crippen molar-refractivity contribution in [1.82, 2.24) is 15.2 Å². The molecule has 6 nitrogen and oxygen atoms in total. The highest BCUT2D eigenvalue weighted by Crippen LogP contribution is 2.36. The van der Waals surface area contributed by atoms with E-state index < -0.39 is 0 Å². The second-order valence-corrected chi connectivity index (χ2v) is 7.96. The smallest absolute Gasteiger partial charge is 0.157 e. The Balaban J connectivity index is 1.84. The first-order valence-electron chi connectivity index (χ1n) is 8.91. The Hall–Kier alpha value is -2.31. The van der Waals surface area contributed by atoms with Gasteiger partial charge >= 0.3 is 0 Å². The fourth-order valence-corrected chi connectivity index (χ4v) is 3.02. The van der Waals surface area contributed by atoms with Crippen LogP contribution in [0.5, 0.6) is 5.75 Å². The van der Waals surface area contributed by atoms with Crippen molar-refractivity contribution in [2.45, 2.75) is 39.7 Å². The normalized spacial score (nSPS) is 11.8. The lowest BCUT2D eigenvalue weighted by Crippen LogP contribution is -2.14. The van der Waals surface area contributed by atoms with E-state index in [9.17, 15) is 0 Å². The van der Waals surface area contributed by atoms with Crippen LogP contribution in [0, 0.1) is 6.92 Å². The van der Waals surface area contributed by atoms with E-state index in [0.29, 0.717) is 24.6 Å². The van der Waals surface area contributed by atoms with Gasteiger partial charge in [-0.05, 0) is 42.2 Å². The summed E-state index contributed by atoms with van der Waals surface area (Å²) in [5.41, 5.74) is 3.42. The Morgan fingerprint density at radius 1 is 1.26 bits per heavy atom. The number of H-pyrrole nitrogens is 1. The molecule has 0 amide bonds. The first-order chi connectivity index (χ1) is 12.8. The number of fused-ring (bicyclic) bond motifs is 1. The molecule has 0 aliphatic carbocycles. The molecule has 3 N–H and O–H groups in total. The maximum Gasteiger partial charge on any atom is 0.157 e. The summed E-state index contributed by atoms with van der Waals surface area (Å²) < 4.78 is 6.13. The minimum absolute atomic E-state index is 0.0540. The molecule has 27 heavy (non-hydrogen) atoms. The molecule has 0 radical (unpaired) electrons. The number of hydrogen-bond donors (Lipinski definition) is 3. The summed E-state index contributed by atoms with van der Waals surface area (Å²) >= 11 is 6.32. The predicted molar refractivity (Wildman–Crippen MR) is 109 cm³/mol. The lowest BCUT2D eigenvalue weighted by molar-refractivity contribution is 0.294. The molecule has 144 valence electrons. The second kappa shape index (κ2) is 7.74. The summed E-state index contributed by atoms with van der Waals surface area (Å²) in [5.74, 6) is 1.51. The standard InChI is InChI=1S/C20H25ClN4O2/c1-12-9-17(14(10-15(12)21)20(2,3)4)27-11-16-13-5-6-18(22-7-8-26)23-19(13)25-24-16/h5-6,9-10,26H,7-8,11H2,1-4H3,(H2,22,23,24,25). The van der Waals surface area contributed by atoms with Crippen LogP contribution in [0.1, 0.15) is 37.6 Å². The third-order valence-electron chi connectivity index (χ3n) is 4.35. The number of ether oxygens (including phenoxy) is 1. The van der Waals surface area contributed by atoms with Crippen molar-refractivity contribution in [2.24, 2.45) is 0 Å². The van der Waals surface area contributed by atoms with Crippen molar-refractivity contribution in [1.29, 1.82) is 0 Å². The van der Waals surface area contributed by atoms with Crippen molar-refractivity contribution in [3.8, 4) is 5.75 Å². The summed E-state index contributed by atoms with van der Waals surface area (Å²) in [5, 5.41) is 20.9. The number of halogens is 1. The number of aliphatic hydroxyl groups is 1. The van der Waals surface area contributed by atoms with Gasteiger partial charge < -0.3 is 15.2 Å². The van der Waals surface area contributed by atoms with E-state index >= 15 is 0 Å². The average Bonchev–Trinajstić information content (AvgIpc) is 3.02. The second-order valence-electron chi connectivity index (χ2n) is 7.55. The minimum atomic E-state index is -0.0881. The summed E-state index contributed by atoms with van der Waals surface area (Å²) in [6.07, 6.45) is 0. The number of aryl methyl sites for hydroxylation is 1. The van der Waals surface area contributed by atoms with Gasteiger partial charge in [0.15, 0.2) is 5.65 Å². The molecule has 0 unspecified atom stereocenters. The highest BCUT2D eigenvalue weighted by molar-refractivity contribution is 6.31. The van der Waals surface area contributed by atoms with Gasteiger partial charge in [-0.15, -0.1) is 0 Å². The van der Waals surface area contributed by atoms with Gasteiger partial charge in [-0.3, -0.25) is 5.10 Å². The molecule has 0 spiro atoms. The molecule has 0 saturated carbocycles. The maximum absolute atomic E-state index is 8.90. The van der Waals surface area contributed by atoms with Gasteiger partial charge in [0.05, 0.1) is 6.61 Å². The summed E-state index contributed by atoms with van der Waals surface area (Å²) in [6.45, 7) is 9.21. The Kier molecular flexibility index (Phi) is 5.58. The van der Waals surface area contributed by atoms with Crippen LogP contribution >= 0.6 is 11.6 Å². The van der Waals surface area contributed by atoms with E-state index in [1.165, 1.54) is 0 Å². The van der Waals surface area contributed by atoms with Crippen molar-refractivity contribution in [3.05, 3.63) is 46.1 Å². The molecule has 0 atom stereocenters. The van der Waals surface area contributed by atoms with Gasteiger partial charge in [-0.2, -0.15) is 5.10 Å². The summed E-state index contributed by atoms with van der Waals surface area (Å²) in [4.78, 5) is 4.46. The fraction of sp³-hybridized carbons (Fsp3) is 0.400. The first kappa shape index (κ1) is 19.5. The summed E-state index contributed by atoms with van der Waals surface area (Å²) in [7, 11) is 0. The van der Waals surface area contributed by atoms with E-state index in [0.717, 1.165) is 33.0 Å². The number of nitrogens with zero attached hydrogens (tertiary/aromatic N) is 2. The van der Waals surface area contributed by atoms with Gasteiger partial charge in [0.1, 0.15) is 23.9 Å². The van der Waals surface area contributed by atoms with Crippen LogP contribution in [0.3, 0.4) is 0 Å². The van der Waals surface area contributed by atoms with Gasteiger partial charge in [-0.25, -0.2) is 4.98 Å². The Labute approximate surface area is 163 Å². The van der Waals surface area contributed by atoms with Crippen molar-refractivity contribution in [3.63, 3.8) is 0 Å². The molecule has 0 saturated heterocycles. The van der Waals surface area contributed by atoms with E-state index in [1.54, 1.807) is 0 Å². The number of anilines is 1. The molecule has 0 bridgehead atoms. The number of aromatic amines is 1. The number of rotatable bonds is 6. The quantitative estimate of drug-likeness (QED) is 0.589. The zero-order chi connectivity index (χ0) is 19.6. The third kappa shape index (κ3) is 4.34. The number of pyridine rings is 1. The molecular weight excluding hydrogens is 364 g/mol. The Morgan fingerprint density at radius 3 is 2.74 bits per heavy atom. The molecule has 0 aliphatic heterocycles. The van der Waals surface area contributed by atoms with E-state index in [4.69, 9.17) is 21.4 Å². The highest BCUT2D eigenvalue weighted by Gasteiger charge is 2.21. The molecule has 1 aromatic carbocycles. The fourth-order valence-electron chi connectivity index (χ4n) is 2.86. The number of nitrogens with one attached hydrogen (secondary N) is 2. The van der Waals surface area contributed by atoms with Crippen LogP contribution in [-0.2, 0) is 12.0 Å². The number of hydrogen-bond acceptors (Lipinski definition) is 5. The molecular formula is C20H25ClN4O2. The molecule has 0 aliphatic rings. The molecule has 3 aromatic rings. The number of benzene rings is 1. The van der Waals surface area contributed by atoms with Crippen molar-refractivity contribution >= 4 is 28.5 Å². The van der Waals surface area contributed by atoms with Gasteiger partial charge in [0.2, 0.25) is 0 Å². The van der Waals surface area contributed by atoms with Crippen LogP contribution in [0.4, 0.5) is 5.82 Å². The van der Waals surface area contributed by atoms with Crippen LogP contribution in [0.15, 0.2) is 24.3 Å². The summed E-state index contributed by atoms with van der Waals surface area (Å²) in [6, 6.07) is 7.77. The maximum atomic E-state index is 8.90. The highest BCUT2D eigenvalue weighted by atomic mass is 35.5. The van der Waals surface area contributed by atoms with Crippen LogP contribution < -0.4 is 10.1 Å². The van der Waals surface area contributed by atoms with Gasteiger partial charge in [0, 0.05) is 22.5 Å². The molecule has 3 rings (SSSR count). The van der Waals surface area contributed by atoms with E-state index in [-0.39, 0.29) is 12.0 Å². The lowest BCUT2D eigenvalue weighted by Gasteiger charge is -2.23. The molecule has 2 heterocycles. The Morgan fingerprint density at radius 2 is 2.04 bits per heavy atom. The van der Waals surface area contributed by atoms with Gasteiger partial charge in [-0.1, -0.05) is 32.4 Å². The predicted octanol–water partition coefficient (Wildman–Crippen LogP) is 4.20. The van der Waals surface area contributed by atoms with Crippen LogP contribution in [0.2, 0.25) is 5.02 Å². The number of aliphatic hydroxyl groups excluding tert-OH is 1. The number of aromatic nitrogens is 3. The molecule has 0 fully saturated rings. The monoisotopic (exact) mass is 388 g/mol. The van der Waals surface area contributed by atoms with Crippen LogP contribution in [0.25, 0.3) is 11.0 Å². The SMILES string of the molecule is Cc1cc(OCc2n[nH]c3nc(NCCO)ccc23)c(C(C)(C)C)cc1Cl. The topological polar surface area (TPSA) is 83.1 Å². The zero-order valence-electron chi connectivity index (χ0n) is 16.1. The Bertz CT molecular complexity index is 947. The van der Waals surface area contributed by atoms with Crippen LogP contribution in [-0.4, -0.2) is 33.4 Å². The minimum Gasteiger partial charge on any atom is -0.487 e. The molecule has 7 heteroatoms. The average molecular weight is 389 g/mol. The van der Waals surface area contributed by atoms with Crippen molar-refractivity contribution in [2.75, 3.05) is 18.5 Å². The third-order valence-corrected chi connectivity index (χ3v) is 4.76. The van der Waals surface area contributed by atoms with Crippen molar-refractivity contribution < 1.29 is 9.84 Å². The van der Waals surface area contributed by atoms with Gasteiger partial charge in [0.25, 0.3) is 0 Å². The van der Waals surface area contributed by atoms with E-state index in [2.05, 4.69) is 41.3 Å². The largest absolute Gasteiger partial charge is 0.487 e. The lowest BCUT2D eigenvalue weighted by atomic mass is 9.86. The zero-order valence-corrected chi connectivity index (χ0v) is 16.8.